The number of aromatic nitrogens is 4. The van der Waals surface area contributed by atoms with E-state index >= 15 is 0 Å². The number of pyridine rings is 2. The van der Waals surface area contributed by atoms with Crippen LogP contribution in [0.2, 0.25) is 0 Å². The first-order chi connectivity index (χ1) is 24.0. The van der Waals surface area contributed by atoms with Crippen molar-refractivity contribution in [2.45, 2.75) is 13.0 Å². The van der Waals surface area contributed by atoms with E-state index in [-0.39, 0.29) is 18.4 Å². The molecule has 0 atom stereocenters. The van der Waals surface area contributed by atoms with Crippen molar-refractivity contribution in [2.24, 2.45) is 7.05 Å². The fraction of sp³-hybridized carbons (Fsp3) is 0.122. The number of nitrogens with zero attached hydrogens (tertiary/aromatic N) is 5. The van der Waals surface area contributed by atoms with Gasteiger partial charge in [-0.2, -0.15) is 0 Å². The zero-order valence-corrected chi connectivity index (χ0v) is 27.0. The summed E-state index contributed by atoms with van der Waals surface area (Å²) in [5, 5.41) is 0.887. The van der Waals surface area contributed by atoms with Crippen molar-refractivity contribution in [2.75, 3.05) is 13.1 Å². The van der Waals surface area contributed by atoms with Crippen LogP contribution in [0.1, 0.15) is 17.5 Å². The maximum Gasteiger partial charge on any atom is 0.410 e. The summed E-state index contributed by atoms with van der Waals surface area (Å²) in [6.45, 7) is 1.32. The third kappa shape index (κ3) is 5.78. The summed E-state index contributed by atoms with van der Waals surface area (Å²) in [4.78, 5) is 37.5. The van der Waals surface area contributed by atoms with Crippen LogP contribution in [0.15, 0.2) is 139 Å². The average Bonchev–Trinajstić information content (AvgIpc) is 3.43. The van der Waals surface area contributed by atoms with Gasteiger partial charge in [0.15, 0.2) is 0 Å². The first-order valence-electron chi connectivity index (χ1n) is 16.3. The molecule has 1 aliphatic heterocycles. The number of aryl methyl sites for hydroxylation is 1. The second kappa shape index (κ2) is 12.7. The van der Waals surface area contributed by atoms with Crippen LogP contribution in [0.3, 0.4) is 0 Å². The van der Waals surface area contributed by atoms with E-state index in [0.717, 1.165) is 66.7 Å². The zero-order valence-electron chi connectivity index (χ0n) is 27.0. The lowest BCUT2D eigenvalue weighted by atomic mass is 9.99. The number of rotatable bonds is 6. The maximum atomic E-state index is 13.7. The molecule has 0 bridgehead atoms. The van der Waals surface area contributed by atoms with Crippen molar-refractivity contribution in [3.8, 4) is 28.1 Å². The van der Waals surface area contributed by atoms with E-state index in [1.165, 1.54) is 0 Å². The van der Waals surface area contributed by atoms with Crippen LogP contribution in [0, 0.1) is 0 Å². The van der Waals surface area contributed by atoms with E-state index < -0.39 is 0 Å². The Morgan fingerprint density at radius 1 is 0.776 bits per heavy atom. The van der Waals surface area contributed by atoms with Gasteiger partial charge in [-0.05, 0) is 59.0 Å². The van der Waals surface area contributed by atoms with Crippen molar-refractivity contribution in [1.82, 2.24) is 24.0 Å². The predicted octanol–water partition coefficient (Wildman–Crippen LogP) is 8.03. The van der Waals surface area contributed by atoms with E-state index in [2.05, 4.69) is 18.2 Å². The molecule has 3 aromatic heterocycles. The Labute approximate surface area is 283 Å². The molecule has 240 valence electrons. The van der Waals surface area contributed by atoms with Crippen LogP contribution < -0.4 is 5.69 Å². The highest BCUT2D eigenvalue weighted by atomic mass is 16.6. The smallest absolute Gasteiger partial charge is 0.410 e. The minimum Gasteiger partial charge on any atom is -0.445 e. The number of hydrogen-bond acceptors (Lipinski definition) is 5. The monoisotopic (exact) mass is 643 g/mol. The lowest BCUT2D eigenvalue weighted by molar-refractivity contribution is 0.0998. The van der Waals surface area contributed by atoms with Gasteiger partial charge >= 0.3 is 11.8 Å². The van der Waals surface area contributed by atoms with Gasteiger partial charge in [0.25, 0.3) is 0 Å². The van der Waals surface area contributed by atoms with Crippen LogP contribution in [0.5, 0.6) is 0 Å². The lowest BCUT2D eigenvalue weighted by Crippen LogP contribution is -2.35. The summed E-state index contributed by atoms with van der Waals surface area (Å²) in [5.41, 5.74) is 10.1. The molecular formula is C41H33N5O3. The minimum absolute atomic E-state index is 0.141. The summed E-state index contributed by atoms with van der Waals surface area (Å²) in [7, 11) is 1.78. The van der Waals surface area contributed by atoms with E-state index in [4.69, 9.17) is 14.7 Å². The molecule has 0 unspecified atom stereocenters. The highest BCUT2D eigenvalue weighted by Crippen LogP contribution is 2.31. The number of ether oxygens (including phenoxy) is 1. The molecule has 0 N–H and O–H groups in total. The normalized spacial score (nSPS) is 13.1. The quantitative estimate of drug-likeness (QED) is 0.183. The van der Waals surface area contributed by atoms with Crippen molar-refractivity contribution in [3.05, 3.63) is 155 Å². The summed E-state index contributed by atoms with van der Waals surface area (Å²) in [6.07, 6.45) is 6.14. The third-order valence-corrected chi connectivity index (χ3v) is 9.22. The summed E-state index contributed by atoms with van der Waals surface area (Å²) in [6, 6.07) is 38.1. The van der Waals surface area contributed by atoms with Crippen LogP contribution in [0.25, 0.3) is 55.6 Å². The number of fused-ring (bicyclic) bond motifs is 3. The second-order valence-electron chi connectivity index (χ2n) is 12.2. The van der Waals surface area contributed by atoms with Gasteiger partial charge in [0.1, 0.15) is 6.61 Å². The van der Waals surface area contributed by atoms with Gasteiger partial charge in [-0.25, -0.2) is 9.59 Å². The molecule has 0 radical (unpaired) electrons. The van der Waals surface area contributed by atoms with Gasteiger partial charge in [-0.15, -0.1) is 0 Å². The Morgan fingerprint density at radius 2 is 1.51 bits per heavy atom. The molecule has 0 aliphatic carbocycles. The molecule has 0 saturated carbocycles. The van der Waals surface area contributed by atoms with E-state index in [1.807, 2.05) is 109 Å². The maximum absolute atomic E-state index is 13.7. The first kappa shape index (κ1) is 30.1. The molecule has 8 nitrogen and oxygen atoms in total. The lowest BCUT2D eigenvalue weighted by Gasteiger charge is -2.26. The Bertz CT molecular complexity index is 2400. The molecule has 4 heterocycles. The zero-order chi connectivity index (χ0) is 33.3. The fourth-order valence-electron chi connectivity index (χ4n) is 6.49. The fourth-order valence-corrected chi connectivity index (χ4v) is 6.49. The molecule has 49 heavy (non-hydrogen) atoms. The molecule has 1 aliphatic rings. The van der Waals surface area contributed by atoms with Crippen LogP contribution in [-0.2, 0) is 18.4 Å². The number of benzene rings is 4. The first-order valence-corrected chi connectivity index (χ1v) is 16.3. The van der Waals surface area contributed by atoms with E-state index in [1.54, 1.807) is 27.3 Å². The third-order valence-electron chi connectivity index (χ3n) is 9.22. The Morgan fingerprint density at radius 3 is 2.22 bits per heavy atom. The number of carbonyl (C=O) groups is 1. The topological polar surface area (TPSA) is 82.2 Å². The molecule has 8 heteroatoms. The number of hydrogen-bond donors (Lipinski definition) is 0. The van der Waals surface area contributed by atoms with Crippen molar-refractivity contribution < 1.29 is 9.53 Å². The highest BCUT2D eigenvalue weighted by molar-refractivity contribution is 6.04. The number of imidazole rings is 1. The highest BCUT2D eigenvalue weighted by Gasteiger charge is 2.20. The van der Waals surface area contributed by atoms with Crippen molar-refractivity contribution in [3.63, 3.8) is 0 Å². The van der Waals surface area contributed by atoms with Gasteiger partial charge < -0.3 is 9.64 Å². The molecule has 4 aromatic carbocycles. The molecule has 7 aromatic rings. The second-order valence-corrected chi connectivity index (χ2v) is 12.2. The van der Waals surface area contributed by atoms with Gasteiger partial charge in [0.2, 0.25) is 0 Å². The Hall–Kier alpha value is -6.28. The summed E-state index contributed by atoms with van der Waals surface area (Å²) in [5.74, 6) is 0. The Kier molecular flexibility index (Phi) is 7.81. The molecule has 0 saturated heterocycles. The SMILES string of the molecule is Cn1c(=O)n(-c2ccc(C3=CCN(C(=O)OCc4ccccc4)CC3)cc2)c2c3cc(-c4ccc(-c5ccccc5)nc4)ccc3ncc21. The van der Waals surface area contributed by atoms with Crippen LogP contribution in [-0.4, -0.2) is 43.2 Å². The number of carbonyl (C=O) groups excluding carboxylic acids is 1. The minimum atomic E-state index is -0.310. The molecular weight excluding hydrogens is 610 g/mol. The summed E-state index contributed by atoms with van der Waals surface area (Å²) >= 11 is 0. The standard InChI is InChI=1S/C41H33N5O3/c1-44-38-26-43-37-19-14-32(33-15-18-36(42-25-33)31-10-6-3-7-11-31)24-35(37)39(38)46(40(44)47)34-16-12-29(13-17-34)30-20-22-45(23-21-30)41(48)49-27-28-8-4-2-5-9-28/h2-20,24-26H,21-23,27H2,1H3. The molecule has 0 spiro atoms. The average molecular weight is 644 g/mol. The van der Waals surface area contributed by atoms with Gasteiger partial charge in [-0.3, -0.25) is 19.1 Å². The predicted molar refractivity (Wildman–Crippen MR) is 193 cm³/mol. The Balaban J connectivity index is 1.07. The van der Waals surface area contributed by atoms with E-state index in [9.17, 15) is 9.59 Å². The van der Waals surface area contributed by atoms with Crippen molar-refractivity contribution >= 4 is 33.6 Å². The van der Waals surface area contributed by atoms with E-state index in [0.29, 0.717) is 19.5 Å². The largest absolute Gasteiger partial charge is 0.445 e. The van der Waals surface area contributed by atoms with Crippen LogP contribution in [0.4, 0.5) is 4.79 Å². The summed E-state index contributed by atoms with van der Waals surface area (Å²) < 4.78 is 8.94. The molecule has 1 amide bonds. The van der Waals surface area contributed by atoms with Gasteiger partial charge in [0, 0.05) is 42.8 Å². The number of amides is 1. The van der Waals surface area contributed by atoms with Gasteiger partial charge in [-0.1, -0.05) is 91.0 Å². The molecule has 0 fully saturated rings. The van der Waals surface area contributed by atoms with Crippen LogP contribution >= 0.6 is 0 Å². The molecule has 8 rings (SSSR count). The van der Waals surface area contributed by atoms with Crippen molar-refractivity contribution in [1.29, 1.82) is 0 Å². The van der Waals surface area contributed by atoms with Gasteiger partial charge in [0.05, 0.1) is 34.1 Å².